The Labute approximate surface area is 125 Å². The van der Waals surface area contributed by atoms with Gasteiger partial charge in [-0.25, -0.2) is 8.42 Å². The van der Waals surface area contributed by atoms with Crippen molar-refractivity contribution in [2.45, 2.75) is 4.90 Å². The molecule has 0 atom stereocenters. The summed E-state index contributed by atoms with van der Waals surface area (Å²) in [6.07, 6.45) is 2.92. The topological polar surface area (TPSA) is 79.8 Å². The van der Waals surface area contributed by atoms with Gasteiger partial charge in [-0.2, -0.15) is 0 Å². The average molecular weight is 311 g/mol. The van der Waals surface area contributed by atoms with Gasteiger partial charge in [0.2, 0.25) is 0 Å². The minimum atomic E-state index is -3.17. The molecule has 0 aliphatic heterocycles. The lowest BCUT2D eigenvalue weighted by molar-refractivity contribution is 0.322. The number of benzene rings is 1. The highest BCUT2D eigenvalue weighted by Gasteiger charge is 2.06. The van der Waals surface area contributed by atoms with Gasteiger partial charge < -0.3 is 15.4 Å². The smallest absolute Gasteiger partial charge is 0.191 e. The fourth-order valence-corrected chi connectivity index (χ4v) is 2.14. The highest BCUT2D eigenvalue weighted by atomic mass is 32.2. The highest BCUT2D eigenvalue weighted by Crippen LogP contribution is 2.15. The molecule has 0 saturated carbocycles. The van der Waals surface area contributed by atoms with Gasteiger partial charge in [-0.05, 0) is 24.3 Å². The Morgan fingerprint density at radius 2 is 2.00 bits per heavy atom. The van der Waals surface area contributed by atoms with E-state index in [-0.39, 0.29) is 4.90 Å². The van der Waals surface area contributed by atoms with Gasteiger partial charge in [0, 0.05) is 19.8 Å². The first-order chi connectivity index (χ1) is 9.97. The van der Waals surface area contributed by atoms with Crippen LogP contribution in [0.15, 0.2) is 46.8 Å². The Hall–Kier alpha value is -2.02. The van der Waals surface area contributed by atoms with Crippen LogP contribution in [0, 0.1) is 0 Å². The molecular weight excluding hydrogens is 290 g/mol. The van der Waals surface area contributed by atoms with Crippen LogP contribution in [-0.4, -0.2) is 47.4 Å². The minimum Gasteiger partial charge on any atom is -0.492 e. The molecule has 1 aromatic rings. The first-order valence-corrected chi connectivity index (χ1v) is 8.35. The molecule has 2 N–H and O–H groups in total. The molecule has 0 amide bonds. The van der Waals surface area contributed by atoms with E-state index in [2.05, 4.69) is 22.2 Å². The number of hydrogen-bond acceptors (Lipinski definition) is 4. The number of guanidine groups is 1. The zero-order valence-corrected chi connectivity index (χ0v) is 13.1. The number of ether oxygens (including phenoxy) is 1. The Morgan fingerprint density at radius 1 is 1.33 bits per heavy atom. The highest BCUT2D eigenvalue weighted by molar-refractivity contribution is 7.90. The summed E-state index contributed by atoms with van der Waals surface area (Å²) < 4.78 is 28.2. The Morgan fingerprint density at radius 3 is 2.52 bits per heavy atom. The lowest BCUT2D eigenvalue weighted by Gasteiger charge is -2.11. The molecule has 0 aliphatic rings. The summed E-state index contributed by atoms with van der Waals surface area (Å²) in [5, 5.41) is 6.12. The summed E-state index contributed by atoms with van der Waals surface area (Å²) in [5.41, 5.74) is 0. The minimum absolute atomic E-state index is 0.280. The number of rotatable bonds is 7. The molecule has 0 spiro atoms. The summed E-state index contributed by atoms with van der Waals surface area (Å²) in [6, 6.07) is 6.34. The van der Waals surface area contributed by atoms with Gasteiger partial charge in [0.15, 0.2) is 15.8 Å². The molecule has 0 radical (unpaired) electrons. The summed E-state index contributed by atoms with van der Waals surface area (Å²) in [4.78, 5) is 4.31. The SMILES string of the molecule is C=CCNC(=NC)NCCOc1ccc(S(C)(=O)=O)cc1. The van der Waals surface area contributed by atoms with Crippen molar-refractivity contribution >= 4 is 15.8 Å². The van der Waals surface area contributed by atoms with Crippen LogP contribution in [0.4, 0.5) is 0 Å². The number of hydrogen-bond donors (Lipinski definition) is 2. The molecule has 116 valence electrons. The molecule has 0 bridgehead atoms. The molecule has 0 saturated heterocycles. The molecule has 0 unspecified atom stereocenters. The zero-order valence-electron chi connectivity index (χ0n) is 12.3. The second kappa shape index (κ2) is 8.31. The van der Waals surface area contributed by atoms with Gasteiger partial charge in [-0.1, -0.05) is 6.08 Å². The molecule has 0 aliphatic carbocycles. The van der Waals surface area contributed by atoms with Crippen LogP contribution in [0.3, 0.4) is 0 Å². The van der Waals surface area contributed by atoms with E-state index in [4.69, 9.17) is 4.74 Å². The van der Waals surface area contributed by atoms with E-state index in [9.17, 15) is 8.42 Å². The van der Waals surface area contributed by atoms with Crippen molar-refractivity contribution in [2.75, 3.05) is 33.0 Å². The lowest BCUT2D eigenvalue weighted by atomic mass is 10.3. The molecule has 1 rings (SSSR count). The maximum absolute atomic E-state index is 11.3. The second-order valence-electron chi connectivity index (χ2n) is 4.26. The summed E-state index contributed by atoms with van der Waals surface area (Å²) in [5.74, 6) is 1.30. The van der Waals surface area contributed by atoms with Crippen molar-refractivity contribution in [3.63, 3.8) is 0 Å². The average Bonchev–Trinajstić information content (AvgIpc) is 2.46. The molecule has 0 aromatic heterocycles. The quantitative estimate of drug-likeness (QED) is 0.337. The molecule has 0 heterocycles. The van der Waals surface area contributed by atoms with Gasteiger partial charge in [0.1, 0.15) is 12.4 Å². The maximum Gasteiger partial charge on any atom is 0.191 e. The Balaban J connectivity index is 2.37. The van der Waals surface area contributed by atoms with Crippen molar-refractivity contribution in [1.82, 2.24) is 10.6 Å². The van der Waals surface area contributed by atoms with Crippen LogP contribution in [0.25, 0.3) is 0 Å². The van der Waals surface area contributed by atoms with E-state index in [0.717, 1.165) is 0 Å². The third kappa shape index (κ3) is 6.31. The van der Waals surface area contributed by atoms with Crippen molar-refractivity contribution < 1.29 is 13.2 Å². The molecule has 21 heavy (non-hydrogen) atoms. The summed E-state index contributed by atoms with van der Waals surface area (Å²) in [7, 11) is -1.48. The van der Waals surface area contributed by atoms with Crippen LogP contribution < -0.4 is 15.4 Å². The summed E-state index contributed by atoms with van der Waals surface area (Å²) >= 11 is 0. The fraction of sp³-hybridized carbons (Fsp3) is 0.357. The lowest BCUT2D eigenvalue weighted by Crippen LogP contribution is -2.39. The largest absolute Gasteiger partial charge is 0.492 e. The second-order valence-corrected chi connectivity index (χ2v) is 6.28. The predicted molar refractivity (Wildman–Crippen MR) is 84.6 cm³/mol. The van der Waals surface area contributed by atoms with E-state index in [1.54, 1.807) is 25.3 Å². The molecule has 1 aromatic carbocycles. The zero-order chi connectivity index (χ0) is 15.7. The van der Waals surface area contributed by atoms with Gasteiger partial charge in [-0.3, -0.25) is 4.99 Å². The normalized spacial score (nSPS) is 11.8. The van der Waals surface area contributed by atoms with Gasteiger partial charge in [0.25, 0.3) is 0 Å². The molecular formula is C14H21N3O3S. The fourth-order valence-electron chi connectivity index (χ4n) is 1.51. The number of aliphatic imine (C=N–C) groups is 1. The van der Waals surface area contributed by atoms with Crippen LogP contribution in [0.5, 0.6) is 5.75 Å². The van der Waals surface area contributed by atoms with Crippen LogP contribution >= 0.6 is 0 Å². The number of sulfone groups is 1. The number of nitrogens with zero attached hydrogens (tertiary/aromatic N) is 1. The van der Waals surface area contributed by atoms with Gasteiger partial charge >= 0.3 is 0 Å². The molecule has 6 nitrogen and oxygen atoms in total. The van der Waals surface area contributed by atoms with Crippen molar-refractivity contribution in [2.24, 2.45) is 4.99 Å². The van der Waals surface area contributed by atoms with Crippen LogP contribution in [0.2, 0.25) is 0 Å². The van der Waals surface area contributed by atoms with Crippen molar-refractivity contribution in [1.29, 1.82) is 0 Å². The van der Waals surface area contributed by atoms with Crippen LogP contribution in [0.1, 0.15) is 0 Å². The first-order valence-electron chi connectivity index (χ1n) is 6.45. The third-order valence-electron chi connectivity index (χ3n) is 2.55. The van der Waals surface area contributed by atoms with Gasteiger partial charge in [-0.15, -0.1) is 6.58 Å². The van der Waals surface area contributed by atoms with E-state index in [1.807, 2.05) is 0 Å². The van der Waals surface area contributed by atoms with E-state index >= 15 is 0 Å². The third-order valence-corrected chi connectivity index (χ3v) is 3.68. The van der Waals surface area contributed by atoms with Crippen LogP contribution in [-0.2, 0) is 9.84 Å². The summed E-state index contributed by atoms with van der Waals surface area (Å²) in [6.45, 7) is 5.26. The van der Waals surface area contributed by atoms with Crippen molar-refractivity contribution in [3.8, 4) is 5.75 Å². The predicted octanol–water partition coefficient (Wildman–Crippen LogP) is 0.820. The monoisotopic (exact) mass is 311 g/mol. The van der Waals surface area contributed by atoms with Gasteiger partial charge in [0.05, 0.1) is 11.4 Å². The molecule has 0 fully saturated rings. The standard InChI is InChI=1S/C14H21N3O3S/c1-4-9-16-14(15-2)17-10-11-20-12-5-7-13(8-6-12)21(3,18)19/h4-8H,1,9-11H2,2-3H3,(H2,15,16,17). The maximum atomic E-state index is 11.3. The van der Waals surface area contributed by atoms with E-state index < -0.39 is 9.84 Å². The van der Waals surface area contributed by atoms with Crippen molar-refractivity contribution in [3.05, 3.63) is 36.9 Å². The Bertz CT molecular complexity index is 580. The molecule has 7 heteroatoms. The van der Waals surface area contributed by atoms with E-state index in [0.29, 0.717) is 31.4 Å². The first kappa shape index (κ1) is 17.0. The number of nitrogens with one attached hydrogen (secondary N) is 2. The van der Waals surface area contributed by atoms with E-state index in [1.165, 1.54) is 18.4 Å². The Kier molecular flexibility index (Phi) is 6.74.